The molecule has 0 aliphatic carbocycles. The molecule has 3 rings (SSSR count). The highest BCUT2D eigenvalue weighted by atomic mass is 35.5. The van der Waals surface area contributed by atoms with E-state index in [1.165, 1.54) is 36.6 Å². The number of amides is 1. The van der Waals surface area contributed by atoms with Crippen molar-refractivity contribution in [3.63, 3.8) is 0 Å². The Morgan fingerprint density at radius 1 is 1.22 bits per heavy atom. The number of thioether (sulfide) groups is 1. The molecule has 1 heterocycles. The number of aromatic hydroxyl groups is 1. The molecule has 10 heteroatoms. The molecule has 136 valence electrons. The SMILES string of the molecule is O=C1N/C(=N/N=C/c2ccccc2O)S/C1=C/c1cc([N+](=O)[O-])ccc1Cl. The Kier molecular flexibility index (Phi) is 5.53. The van der Waals surface area contributed by atoms with Crippen molar-refractivity contribution in [1.29, 1.82) is 0 Å². The maximum Gasteiger partial charge on any atom is 0.270 e. The quantitative estimate of drug-likeness (QED) is 0.351. The van der Waals surface area contributed by atoms with Crippen molar-refractivity contribution < 1.29 is 14.8 Å². The zero-order chi connectivity index (χ0) is 19.4. The van der Waals surface area contributed by atoms with E-state index in [0.717, 1.165) is 11.8 Å². The summed E-state index contributed by atoms with van der Waals surface area (Å²) in [4.78, 5) is 22.7. The molecular weight excluding hydrogens is 392 g/mol. The van der Waals surface area contributed by atoms with Gasteiger partial charge in [0.1, 0.15) is 5.75 Å². The van der Waals surface area contributed by atoms with Gasteiger partial charge in [0.2, 0.25) is 0 Å². The summed E-state index contributed by atoms with van der Waals surface area (Å²) in [7, 11) is 0. The van der Waals surface area contributed by atoms with Crippen LogP contribution in [-0.2, 0) is 4.79 Å². The molecule has 2 aromatic rings. The van der Waals surface area contributed by atoms with Gasteiger partial charge in [-0.25, -0.2) is 0 Å². The molecule has 0 spiro atoms. The van der Waals surface area contributed by atoms with E-state index in [-0.39, 0.29) is 26.5 Å². The van der Waals surface area contributed by atoms with Gasteiger partial charge in [-0.1, -0.05) is 23.7 Å². The van der Waals surface area contributed by atoms with Crippen LogP contribution < -0.4 is 5.32 Å². The summed E-state index contributed by atoms with van der Waals surface area (Å²) >= 11 is 7.07. The van der Waals surface area contributed by atoms with Crippen molar-refractivity contribution in [1.82, 2.24) is 5.32 Å². The number of nitrogens with zero attached hydrogens (tertiary/aromatic N) is 3. The Morgan fingerprint density at radius 3 is 2.74 bits per heavy atom. The normalized spacial score (nSPS) is 17.0. The second-order valence-electron chi connectivity index (χ2n) is 5.24. The molecule has 27 heavy (non-hydrogen) atoms. The summed E-state index contributed by atoms with van der Waals surface area (Å²) in [6, 6.07) is 10.6. The third kappa shape index (κ3) is 4.52. The smallest absolute Gasteiger partial charge is 0.270 e. The number of carbonyl (C=O) groups excluding carboxylic acids is 1. The van der Waals surface area contributed by atoms with Gasteiger partial charge in [-0.3, -0.25) is 20.2 Å². The highest BCUT2D eigenvalue weighted by Gasteiger charge is 2.24. The molecule has 1 fully saturated rings. The molecule has 1 amide bonds. The minimum Gasteiger partial charge on any atom is -0.507 e. The summed E-state index contributed by atoms with van der Waals surface area (Å²) in [5.41, 5.74) is 0.702. The molecule has 1 saturated heterocycles. The van der Waals surface area contributed by atoms with Crippen LogP contribution in [0.15, 0.2) is 57.6 Å². The van der Waals surface area contributed by atoms with Crippen LogP contribution in [0.2, 0.25) is 5.02 Å². The number of para-hydroxylation sites is 1. The van der Waals surface area contributed by atoms with Crippen molar-refractivity contribution in [2.75, 3.05) is 0 Å². The Balaban J connectivity index is 1.79. The number of non-ortho nitro benzene ring substituents is 1. The van der Waals surface area contributed by atoms with E-state index in [1.807, 2.05) is 0 Å². The first kappa shape index (κ1) is 18.6. The Bertz CT molecular complexity index is 1020. The van der Waals surface area contributed by atoms with Crippen molar-refractivity contribution in [3.8, 4) is 5.75 Å². The van der Waals surface area contributed by atoms with E-state index in [2.05, 4.69) is 15.5 Å². The minimum absolute atomic E-state index is 0.0606. The number of nitrogens with one attached hydrogen (secondary N) is 1. The lowest BCUT2D eigenvalue weighted by Crippen LogP contribution is -2.19. The maximum absolute atomic E-state index is 12.1. The lowest BCUT2D eigenvalue weighted by atomic mass is 10.2. The number of halogens is 1. The molecule has 1 aliphatic heterocycles. The number of hydrogen-bond acceptors (Lipinski definition) is 7. The van der Waals surface area contributed by atoms with Crippen LogP contribution in [0.3, 0.4) is 0 Å². The van der Waals surface area contributed by atoms with E-state index in [9.17, 15) is 20.0 Å². The predicted molar refractivity (Wildman–Crippen MR) is 105 cm³/mol. The van der Waals surface area contributed by atoms with Crippen molar-refractivity contribution in [3.05, 3.63) is 73.6 Å². The average Bonchev–Trinajstić information content (AvgIpc) is 2.98. The molecule has 0 saturated carbocycles. The standard InChI is InChI=1S/C17H11ClN4O4S/c18-13-6-5-12(22(25)26)7-11(13)8-15-16(24)20-17(27-15)21-19-9-10-3-1-2-4-14(10)23/h1-9,23H,(H,20,21,24)/b15-8+,19-9+. The second kappa shape index (κ2) is 8.02. The summed E-state index contributed by atoms with van der Waals surface area (Å²) in [6.45, 7) is 0. The largest absolute Gasteiger partial charge is 0.507 e. The molecule has 0 aromatic heterocycles. The Labute approximate surface area is 162 Å². The van der Waals surface area contributed by atoms with Gasteiger partial charge in [0.05, 0.1) is 16.0 Å². The van der Waals surface area contributed by atoms with Crippen LogP contribution in [0.1, 0.15) is 11.1 Å². The number of amidine groups is 1. The summed E-state index contributed by atoms with van der Waals surface area (Å²) in [6.07, 6.45) is 2.80. The van der Waals surface area contributed by atoms with Gasteiger partial charge < -0.3 is 5.11 Å². The Hall–Kier alpha value is -3.17. The molecule has 2 aromatic carbocycles. The fourth-order valence-corrected chi connectivity index (χ4v) is 3.05. The third-order valence-electron chi connectivity index (χ3n) is 3.41. The van der Waals surface area contributed by atoms with Crippen LogP contribution in [0.5, 0.6) is 5.75 Å². The van der Waals surface area contributed by atoms with Gasteiger partial charge >= 0.3 is 0 Å². The highest BCUT2D eigenvalue weighted by molar-refractivity contribution is 8.18. The van der Waals surface area contributed by atoms with Gasteiger partial charge in [-0.15, -0.1) is 5.10 Å². The molecule has 0 radical (unpaired) electrons. The molecule has 1 aliphatic rings. The highest BCUT2D eigenvalue weighted by Crippen LogP contribution is 2.30. The summed E-state index contributed by atoms with van der Waals surface area (Å²) < 4.78 is 0. The van der Waals surface area contributed by atoms with Gasteiger partial charge in [0.25, 0.3) is 11.6 Å². The zero-order valence-corrected chi connectivity index (χ0v) is 15.1. The number of phenolic OH excluding ortho intramolecular Hbond substituents is 1. The van der Waals surface area contributed by atoms with E-state index < -0.39 is 10.8 Å². The van der Waals surface area contributed by atoms with Gasteiger partial charge in [0, 0.05) is 28.3 Å². The fourth-order valence-electron chi connectivity index (χ4n) is 2.11. The molecular formula is C17H11ClN4O4S. The number of carbonyl (C=O) groups is 1. The van der Waals surface area contributed by atoms with Crippen LogP contribution in [0, 0.1) is 10.1 Å². The molecule has 0 bridgehead atoms. The molecule has 0 unspecified atom stereocenters. The summed E-state index contributed by atoms with van der Waals surface area (Å²) in [5, 5.41) is 31.3. The topological polar surface area (TPSA) is 117 Å². The minimum atomic E-state index is -0.541. The fraction of sp³-hybridized carbons (Fsp3) is 0. The van der Waals surface area contributed by atoms with Crippen molar-refractivity contribution in [2.45, 2.75) is 0 Å². The first-order valence-electron chi connectivity index (χ1n) is 7.48. The number of benzene rings is 2. The predicted octanol–water partition coefficient (Wildman–Crippen LogP) is 3.55. The van der Waals surface area contributed by atoms with Gasteiger partial charge in [-0.05, 0) is 36.0 Å². The number of nitro benzene ring substituents is 1. The zero-order valence-electron chi connectivity index (χ0n) is 13.5. The first-order chi connectivity index (χ1) is 12.9. The van der Waals surface area contributed by atoms with Crippen molar-refractivity contribution >= 4 is 52.4 Å². The molecule has 8 nitrogen and oxygen atoms in total. The van der Waals surface area contributed by atoms with E-state index in [4.69, 9.17) is 11.6 Å². The van der Waals surface area contributed by atoms with E-state index >= 15 is 0 Å². The monoisotopic (exact) mass is 402 g/mol. The number of phenols is 1. The first-order valence-corrected chi connectivity index (χ1v) is 8.67. The van der Waals surface area contributed by atoms with Crippen LogP contribution in [0.4, 0.5) is 5.69 Å². The van der Waals surface area contributed by atoms with Crippen LogP contribution in [0.25, 0.3) is 6.08 Å². The Morgan fingerprint density at radius 2 is 2.00 bits per heavy atom. The lowest BCUT2D eigenvalue weighted by molar-refractivity contribution is -0.384. The lowest BCUT2D eigenvalue weighted by Gasteiger charge is -1.99. The second-order valence-corrected chi connectivity index (χ2v) is 6.67. The van der Waals surface area contributed by atoms with E-state index in [0.29, 0.717) is 11.1 Å². The third-order valence-corrected chi connectivity index (χ3v) is 4.65. The van der Waals surface area contributed by atoms with Gasteiger partial charge in [-0.2, -0.15) is 5.10 Å². The number of rotatable bonds is 4. The number of nitro groups is 1. The van der Waals surface area contributed by atoms with Crippen LogP contribution in [-0.4, -0.2) is 27.3 Å². The summed E-state index contributed by atoms with van der Waals surface area (Å²) in [5.74, 6) is -0.357. The average molecular weight is 403 g/mol. The van der Waals surface area contributed by atoms with Gasteiger partial charge in [0.15, 0.2) is 5.17 Å². The number of hydrogen-bond donors (Lipinski definition) is 2. The van der Waals surface area contributed by atoms with Crippen molar-refractivity contribution in [2.24, 2.45) is 10.2 Å². The molecule has 0 atom stereocenters. The molecule has 2 N–H and O–H groups in total. The maximum atomic E-state index is 12.1. The van der Waals surface area contributed by atoms with E-state index in [1.54, 1.807) is 18.2 Å². The van der Waals surface area contributed by atoms with Crippen LogP contribution >= 0.6 is 23.4 Å².